The summed E-state index contributed by atoms with van der Waals surface area (Å²) < 4.78 is 36.0. The van der Waals surface area contributed by atoms with Gasteiger partial charge in [-0.15, -0.1) is 0 Å². The second-order valence-corrected chi connectivity index (χ2v) is 7.80. The van der Waals surface area contributed by atoms with Crippen molar-refractivity contribution in [2.24, 2.45) is 0 Å². The van der Waals surface area contributed by atoms with E-state index in [4.69, 9.17) is 25.9 Å². The Hall–Kier alpha value is -2.13. The van der Waals surface area contributed by atoms with Gasteiger partial charge in [0.1, 0.15) is 23.9 Å². The highest BCUT2D eigenvalue weighted by atomic mass is 35.5. The molecule has 2 rings (SSSR count). The molecule has 0 saturated heterocycles. The molecule has 2 aromatic carbocycles. The van der Waals surface area contributed by atoms with E-state index >= 15 is 0 Å². The van der Waals surface area contributed by atoms with E-state index in [-0.39, 0.29) is 28.7 Å². The van der Waals surface area contributed by atoms with Gasteiger partial charge in [0, 0.05) is 7.05 Å². The molecular formula is C18H20ClNO6S. The maximum absolute atomic E-state index is 12.4. The minimum atomic E-state index is -4.00. The molecule has 0 aromatic heterocycles. The number of ether oxygens (including phenoxy) is 2. The molecule has 7 nitrogen and oxygen atoms in total. The minimum Gasteiger partial charge on any atom is -0.490 e. The van der Waals surface area contributed by atoms with Crippen LogP contribution in [0.3, 0.4) is 0 Å². The predicted molar refractivity (Wildman–Crippen MR) is 100 cm³/mol. The van der Waals surface area contributed by atoms with Crippen LogP contribution in [0.2, 0.25) is 5.02 Å². The van der Waals surface area contributed by atoms with Crippen LogP contribution in [0.15, 0.2) is 47.4 Å². The second-order valence-electron chi connectivity index (χ2n) is 5.49. The first-order valence-corrected chi connectivity index (χ1v) is 9.77. The molecule has 0 unspecified atom stereocenters. The topological polar surface area (TPSA) is 82.1 Å². The maximum atomic E-state index is 12.4. The number of hydrogen-bond donors (Lipinski definition) is 0. The lowest BCUT2D eigenvalue weighted by atomic mass is 10.2. The first-order chi connectivity index (χ1) is 12.8. The summed E-state index contributed by atoms with van der Waals surface area (Å²) in [5.41, 5.74) is 1.03. The minimum absolute atomic E-state index is 0.00977. The summed E-state index contributed by atoms with van der Waals surface area (Å²) in [7, 11) is -1.57. The lowest BCUT2D eigenvalue weighted by molar-refractivity contribution is -0.0258. The summed E-state index contributed by atoms with van der Waals surface area (Å²) in [5, 5.41) is -0.0293. The van der Waals surface area contributed by atoms with Crippen LogP contribution in [0, 0.1) is 6.92 Å². The van der Waals surface area contributed by atoms with E-state index < -0.39 is 16.0 Å². The van der Waals surface area contributed by atoms with Crippen molar-refractivity contribution in [2.75, 3.05) is 27.4 Å². The molecule has 0 fully saturated rings. The zero-order chi connectivity index (χ0) is 20.0. The number of aryl methyl sites for hydroxylation is 1. The van der Waals surface area contributed by atoms with Gasteiger partial charge in [0.05, 0.1) is 17.7 Å². The van der Waals surface area contributed by atoms with E-state index in [1.165, 1.54) is 26.3 Å². The van der Waals surface area contributed by atoms with Crippen molar-refractivity contribution in [2.45, 2.75) is 11.8 Å². The van der Waals surface area contributed by atoms with E-state index in [0.717, 1.165) is 11.6 Å². The van der Waals surface area contributed by atoms with E-state index in [1.807, 2.05) is 31.2 Å². The van der Waals surface area contributed by atoms with Crippen LogP contribution in [0.1, 0.15) is 15.9 Å². The molecule has 0 bridgehead atoms. The number of hydrogen-bond acceptors (Lipinski definition) is 6. The fourth-order valence-corrected chi connectivity index (χ4v) is 3.63. The molecule has 146 valence electrons. The number of hydroxylamine groups is 1. The molecular weight excluding hydrogens is 394 g/mol. The predicted octanol–water partition coefficient (Wildman–Crippen LogP) is 3.07. The summed E-state index contributed by atoms with van der Waals surface area (Å²) in [6.45, 7) is 2.09. The van der Waals surface area contributed by atoms with Crippen LogP contribution < -0.4 is 4.74 Å². The molecule has 0 aliphatic carbocycles. The van der Waals surface area contributed by atoms with E-state index in [2.05, 4.69) is 0 Å². The summed E-state index contributed by atoms with van der Waals surface area (Å²) in [6, 6.07) is 11.3. The molecule has 0 heterocycles. The van der Waals surface area contributed by atoms with Gasteiger partial charge >= 0.3 is 5.97 Å². The fourth-order valence-electron chi connectivity index (χ4n) is 2.15. The van der Waals surface area contributed by atoms with Crippen molar-refractivity contribution in [1.82, 2.24) is 4.47 Å². The van der Waals surface area contributed by atoms with Gasteiger partial charge in [-0.25, -0.2) is 13.2 Å². The van der Waals surface area contributed by atoms with Crippen LogP contribution in [0.25, 0.3) is 0 Å². The van der Waals surface area contributed by atoms with Crippen molar-refractivity contribution in [3.63, 3.8) is 0 Å². The summed E-state index contributed by atoms with van der Waals surface area (Å²) in [6.07, 6.45) is 0. The molecule has 0 saturated carbocycles. The Morgan fingerprint density at radius 3 is 2.52 bits per heavy atom. The van der Waals surface area contributed by atoms with Crippen LogP contribution in [0.4, 0.5) is 0 Å². The monoisotopic (exact) mass is 413 g/mol. The number of nitrogens with zero attached hydrogens (tertiary/aromatic N) is 1. The molecule has 0 atom stereocenters. The third kappa shape index (κ3) is 5.20. The van der Waals surface area contributed by atoms with Crippen molar-refractivity contribution in [3.05, 3.63) is 58.6 Å². The van der Waals surface area contributed by atoms with Gasteiger partial charge in [-0.2, -0.15) is 0 Å². The Morgan fingerprint density at radius 1 is 1.15 bits per heavy atom. The molecule has 0 radical (unpaired) electrons. The molecule has 9 heteroatoms. The van der Waals surface area contributed by atoms with Gasteiger partial charge in [0.25, 0.3) is 10.0 Å². The average molecular weight is 414 g/mol. The van der Waals surface area contributed by atoms with Crippen LogP contribution in [0.5, 0.6) is 5.75 Å². The number of halogens is 1. The van der Waals surface area contributed by atoms with Crippen molar-refractivity contribution >= 4 is 27.6 Å². The van der Waals surface area contributed by atoms with Gasteiger partial charge in [0.2, 0.25) is 0 Å². The highest BCUT2D eigenvalue weighted by molar-refractivity contribution is 7.89. The van der Waals surface area contributed by atoms with Crippen molar-refractivity contribution in [3.8, 4) is 5.75 Å². The SMILES string of the molecule is CON(C)S(=O)(=O)c1cc(C(=O)OCCOc2ccccc2C)ccc1Cl. The molecule has 0 aliphatic heterocycles. The van der Waals surface area contributed by atoms with Gasteiger partial charge in [-0.3, -0.25) is 4.84 Å². The first-order valence-electron chi connectivity index (χ1n) is 7.95. The third-order valence-electron chi connectivity index (χ3n) is 3.71. The van der Waals surface area contributed by atoms with E-state index in [9.17, 15) is 13.2 Å². The zero-order valence-electron chi connectivity index (χ0n) is 15.1. The molecule has 27 heavy (non-hydrogen) atoms. The van der Waals surface area contributed by atoms with Crippen molar-refractivity contribution in [1.29, 1.82) is 0 Å². The van der Waals surface area contributed by atoms with Crippen LogP contribution in [-0.2, 0) is 19.6 Å². The summed E-state index contributed by atoms with van der Waals surface area (Å²) >= 11 is 5.96. The van der Waals surface area contributed by atoms with Gasteiger partial charge in [0.15, 0.2) is 0 Å². The molecule has 0 amide bonds. The van der Waals surface area contributed by atoms with Crippen LogP contribution >= 0.6 is 11.6 Å². The van der Waals surface area contributed by atoms with Crippen LogP contribution in [-0.4, -0.2) is 46.2 Å². The first kappa shape index (κ1) is 21.2. The van der Waals surface area contributed by atoms with Gasteiger partial charge in [-0.1, -0.05) is 34.3 Å². The average Bonchev–Trinajstić information content (AvgIpc) is 2.65. The largest absolute Gasteiger partial charge is 0.490 e. The quantitative estimate of drug-likeness (QED) is 0.376. The lowest BCUT2D eigenvalue weighted by Gasteiger charge is -2.15. The molecule has 0 N–H and O–H groups in total. The Kier molecular flexibility index (Phi) is 7.20. The standard InChI is InChI=1S/C18H20ClNO6S/c1-13-6-4-5-7-16(13)25-10-11-26-18(21)14-8-9-15(19)17(12-14)27(22,23)20(2)24-3/h4-9,12H,10-11H2,1-3H3. The zero-order valence-corrected chi connectivity index (χ0v) is 16.7. The number of para-hydroxylation sites is 1. The normalized spacial score (nSPS) is 11.4. The highest BCUT2D eigenvalue weighted by Gasteiger charge is 2.25. The lowest BCUT2D eigenvalue weighted by Crippen LogP contribution is -2.26. The number of sulfonamides is 1. The number of benzene rings is 2. The van der Waals surface area contributed by atoms with E-state index in [1.54, 1.807) is 0 Å². The number of carbonyl (C=O) groups excluding carboxylic acids is 1. The van der Waals surface area contributed by atoms with Gasteiger partial charge < -0.3 is 9.47 Å². The molecule has 0 spiro atoms. The van der Waals surface area contributed by atoms with E-state index in [0.29, 0.717) is 10.2 Å². The Bertz CT molecular complexity index is 916. The van der Waals surface area contributed by atoms with Gasteiger partial charge in [-0.05, 0) is 36.8 Å². The maximum Gasteiger partial charge on any atom is 0.338 e. The smallest absolute Gasteiger partial charge is 0.338 e. The number of carbonyl (C=O) groups is 1. The Balaban J connectivity index is 2.03. The Labute approximate surface area is 163 Å². The molecule has 2 aromatic rings. The molecule has 0 aliphatic rings. The second kappa shape index (κ2) is 9.18. The van der Waals surface area contributed by atoms with Crippen molar-refractivity contribution < 1.29 is 27.5 Å². The summed E-state index contributed by atoms with van der Waals surface area (Å²) in [4.78, 5) is 16.7. The fraction of sp³-hybridized carbons (Fsp3) is 0.278. The number of rotatable bonds is 8. The Morgan fingerprint density at radius 2 is 1.85 bits per heavy atom. The third-order valence-corrected chi connectivity index (χ3v) is 5.87. The highest BCUT2D eigenvalue weighted by Crippen LogP contribution is 2.25. The summed E-state index contributed by atoms with van der Waals surface area (Å²) in [5.74, 6) is 0.0209. The number of esters is 1.